The van der Waals surface area contributed by atoms with Crippen molar-refractivity contribution in [3.63, 3.8) is 0 Å². The van der Waals surface area contributed by atoms with Crippen molar-refractivity contribution in [1.82, 2.24) is 15.5 Å². The van der Waals surface area contributed by atoms with Crippen LogP contribution in [0.4, 0.5) is 14.5 Å². The van der Waals surface area contributed by atoms with Crippen molar-refractivity contribution < 1.29 is 31.3 Å². The molecule has 1 N–H and O–H groups in total. The molecule has 1 heterocycles. The number of sulfonamides is 1. The molecule has 0 fully saturated rings. The first-order valence-corrected chi connectivity index (χ1v) is 11.1. The third-order valence-electron chi connectivity index (χ3n) is 4.48. The van der Waals surface area contributed by atoms with Crippen LogP contribution < -0.4 is 14.4 Å². The Morgan fingerprint density at radius 1 is 1.19 bits per heavy atom. The quantitative estimate of drug-likeness (QED) is 0.542. The van der Waals surface area contributed by atoms with Gasteiger partial charge in [-0.2, -0.15) is 4.98 Å². The molecule has 1 unspecified atom stereocenters. The molecule has 2 aromatic carbocycles. The lowest BCUT2D eigenvalue weighted by atomic mass is 10.2. The summed E-state index contributed by atoms with van der Waals surface area (Å²) in [6, 6.07) is 8.23. The minimum Gasteiger partial charge on any atom is -0.497 e. The number of nitrogens with one attached hydrogen (secondary N) is 1. The molecule has 0 aliphatic heterocycles. The number of halogens is 2. The molecule has 12 heteroatoms. The van der Waals surface area contributed by atoms with E-state index in [4.69, 9.17) is 9.26 Å². The number of aromatic nitrogens is 2. The van der Waals surface area contributed by atoms with Gasteiger partial charge in [0.05, 0.1) is 25.6 Å². The Balaban J connectivity index is 1.71. The van der Waals surface area contributed by atoms with Crippen molar-refractivity contribution in [3.8, 4) is 17.1 Å². The highest BCUT2D eigenvalue weighted by Crippen LogP contribution is 2.23. The average molecular weight is 466 g/mol. The van der Waals surface area contributed by atoms with E-state index in [0.29, 0.717) is 27.5 Å². The van der Waals surface area contributed by atoms with E-state index in [1.54, 1.807) is 31.4 Å². The molecule has 1 amide bonds. The molecule has 9 nitrogen and oxygen atoms in total. The first kappa shape index (κ1) is 23.1. The van der Waals surface area contributed by atoms with Crippen LogP contribution in [0.2, 0.25) is 0 Å². The lowest BCUT2D eigenvalue weighted by Gasteiger charge is -2.28. The second-order valence-corrected chi connectivity index (χ2v) is 8.65. The molecule has 3 rings (SSSR count). The van der Waals surface area contributed by atoms with E-state index in [-0.39, 0.29) is 18.1 Å². The topological polar surface area (TPSA) is 115 Å². The van der Waals surface area contributed by atoms with Gasteiger partial charge in [-0.3, -0.25) is 9.10 Å². The number of hydrogen-bond acceptors (Lipinski definition) is 7. The molecule has 0 aliphatic rings. The van der Waals surface area contributed by atoms with Gasteiger partial charge in [-0.05, 0) is 43.3 Å². The van der Waals surface area contributed by atoms with Gasteiger partial charge < -0.3 is 14.6 Å². The Kier molecular flexibility index (Phi) is 6.72. The molecule has 0 spiro atoms. The predicted octanol–water partition coefficient (Wildman–Crippen LogP) is 2.49. The summed E-state index contributed by atoms with van der Waals surface area (Å²) in [4.78, 5) is 16.8. The van der Waals surface area contributed by atoms with Crippen LogP contribution in [0.5, 0.6) is 5.75 Å². The van der Waals surface area contributed by atoms with Crippen LogP contribution in [0.25, 0.3) is 11.4 Å². The van der Waals surface area contributed by atoms with Gasteiger partial charge in [-0.15, -0.1) is 0 Å². The summed E-state index contributed by atoms with van der Waals surface area (Å²) in [5, 5.41) is 6.34. The number of nitrogens with zero attached hydrogens (tertiary/aromatic N) is 3. The highest BCUT2D eigenvalue weighted by Gasteiger charge is 2.30. The van der Waals surface area contributed by atoms with Crippen molar-refractivity contribution in [3.05, 3.63) is 60.0 Å². The van der Waals surface area contributed by atoms with Crippen molar-refractivity contribution in [1.29, 1.82) is 0 Å². The summed E-state index contributed by atoms with van der Waals surface area (Å²) in [7, 11) is -2.45. The fourth-order valence-corrected chi connectivity index (χ4v) is 4.09. The van der Waals surface area contributed by atoms with E-state index in [1.165, 1.54) is 6.92 Å². The Bertz CT molecular complexity index is 1210. The van der Waals surface area contributed by atoms with Gasteiger partial charge in [-0.25, -0.2) is 17.2 Å². The summed E-state index contributed by atoms with van der Waals surface area (Å²) < 4.78 is 62.2. The monoisotopic (exact) mass is 466 g/mol. The second kappa shape index (κ2) is 9.30. The number of rotatable bonds is 8. The Labute approximate surface area is 183 Å². The van der Waals surface area contributed by atoms with Crippen LogP contribution in [-0.2, 0) is 21.4 Å². The summed E-state index contributed by atoms with van der Waals surface area (Å²) in [5.41, 5.74) is 0.482. The number of methoxy groups -OCH3 is 1. The van der Waals surface area contributed by atoms with Crippen LogP contribution in [0, 0.1) is 11.6 Å². The molecule has 0 bridgehead atoms. The van der Waals surface area contributed by atoms with E-state index in [0.717, 1.165) is 18.4 Å². The zero-order chi connectivity index (χ0) is 23.5. The lowest BCUT2D eigenvalue weighted by molar-refractivity contribution is -0.122. The summed E-state index contributed by atoms with van der Waals surface area (Å²) in [5.74, 6) is -2.02. The fourth-order valence-electron chi connectivity index (χ4n) is 2.93. The maximum absolute atomic E-state index is 13.6. The van der Waals surface area contributed by atoms with Gasteiger partial charge in [0.1, 0.15) is 11.8 Å². The normalized spacial score (nSPS) is 12.3. The molecule has 170 valence electrons. The smallest absolute Gasteiger partial charge is 0.246 e. The lowest BCUT2D eigenvalue weighted by Crippen LogP contribution is -2.47. The molecule has 0 saturated carbocycles. The highest BCUT2D eigenvalue weighted by atomic mass is 32.2. The molecule has 1 aromatic heterocycles. The zero-order valence-electron chi connectivity index (χ0n) is 17.4. The fraction of sp³-hybridized carbons (Fsp3) is 0.250. The predicted molar refractivity (Wildman–Crippen MR) is 111 cm³/mol. The summed E-state index contributed by atoms with van der Waals surface area (Å²) in [6.07, 6.45) is 0.858. The zero-order valence-corrected chi connectivity index (χ0v) is 18.2. The molecule has 1 atom stereocenters. The molecule has 0 aliphatic carbocycles. The van der Waals surface area contributed by atoms with Crippen molar-refractivity contribution in [2.45, 2.75) is 19.5 Å². The van der Waals surface area contributed by atoms with E-state index < -0.39 is 33.6 Å². The van der Waals surface area contributed by atoms with Gasteiger partial charge >= 0.3 is 0 Å². The SMILES string of the molecule is COc1ccc(-c2noc(CNC(=O)C(C)N(c3ccc(F)c(F)c3)S(C)(=O)=O)n2)cc1. The molecule has 0 radical (unpaired) electrons. The first-order chi connectivity index (χ1) is 15.1. The van der Waals surface area contributed by atoms with E-state index in [2.05, 4.69) is 15.5 Å². The molecule has 3 aromatic rings. The largest absolute Gasteiger partial charge is 0.497 e. The number of carbonyl (C=O) groups is 1. The van der Waals surface area contributed by atoms with Crippen LogP contribution >= 0.6 is 0 Å². The van der Waals surface area contributed by atoms with E-state index >= 15 is 0 Å². The molecule has 32 heavy (non-hydrogen) atoms. The maximum Gasteiger partial charge on any atom is 0.246 e. The van der Waals surface area contributed by atoms with Gasteiger partial charge in [0, 0.05) is 11.6 Å². The Morgan fingerprint density at radius 3 is 2.47 bits per heavy atom. The second-order valence-electron chi connectivity index (χ2n) is 6.79. The highest BCUT2D eigenvalue weighted by molar-refractivity contribution is 7.92. The third kappa shape index (κ3) is 5.19. The minimum atomic E-state index is -3.99. The van der Waals surface area contributed by atoms with E-state index in [9.17, 15) is 22.0 Å². The molecular formula is C20H20F2N4O5S. The van der Waals surface area contributed by atoms with Crippen LogP contribution in [-0.4, -0.2) is 43.9 Å². The van der Waals surface area contributed by atoms with Gasteiger partial charge in [0.25, 0.3) is 0 Å². The number of ether oxygens (including phenoxy) is 1. The Morgan fingerprint density at radius 2 is 1.88 bits per heavy atom. The standard InChI is InChI=1S/C20H20F2N4O5S/c1-12(26(32(3,28)29)14-6-9-16(21)17(22)10-14)20(27)23-11-18-24-19(25-31-18)13-4-7-15(30-2)8-5-13/h4-10,12H,11H2,1-3H3,(H,23,27). The van der Waals surface area contributed by atoms with Crippen LogP contribution in [0.3, 0.4) is 0 Å². The Hall–Kier alpha value is -3.54. The number of amides is 1. The van der Waals surface area contributed by atoms with Gasteiger partial charge in [0.15, 0.2) is 11.6 Å². The number of benzene rings is 2. The van der Waals surface area contributed by atoms with Crippen molar-refractivity contribution in [2.24, 2.45) is 0 Å². The first-order valence-electron chi connectivity index (χ1n) is 9.29. The number of anilines is 1. The average Bonchev–Trinajstić information content (AvgIpc) is 3.22. The molecular weight excluding hydrogens is 446 g/mol. The van der Waals surface area contributed by atoms with Crippen molar-refractivity contribution in [2.75, 3.05) is 17.7 Å². The minimum absolute atomic E-state index is 0.0927. The van der Waals surface area contributed by atoms with Crippen molar-refractivity contribution >= 4 is 21.6 Å². The molecule has 0 saturated heterocycles. The van der Waals surface area contributed by atoms with Gasteiger partial charge in [0.2, 0.25) is 27.6 Å². The van der Waals surface area contributed by atoms with Gasteiger partial charge in [-0.1, -0.05) is 5.16 Å². The number of carbonyl (C=O) groups excluding carboxylic acids is 1. The van der Waals surface area contributed by atoms with Crippen LogP contribution in [0.15, 0.2) is 47.0 Å². The maximum atomic E-state index is 13.6. The van der Waals surface area contributed by atoms with Crippen LogP contribution in [0.1, 0.15) is 12.8 Å². The van der Waals surface area contributed by atoms with E-state index in [1.807, 2.05) is 0 Å². The summed E-state index contributed by atoms with van der Waals surface area (Å²) >= 11 is 0. The summed E-state index contributed by atoms with van der Waals surface area (Å²) in [6.45, 7) is 1.15. The number of hydrogen-bond donors (Lipinski definition) is 1. The third-order valence-corrected chi connectivity index (χ3v) is 5.72.